The number of hydrogen-bond acceptors (Lipinski definition) is 6. The van der Waals surface area contributed by atoms with Crippen LogP contribution in [0.5, 0.6) is 0 Å². The topological polar surface area (TPSA) is 102 Å². The summed E-state index contributed by atoms with van der Waals surface area (Å²) in [5.74, 6) is -1.41. The van der Waals surface area contributed by atoms with Crippen molar-refractivity contribution in [3.63, 3.8) is 0 Å². The summed E-state index contributed by atoms with van der Waals surface area (Å²) in [6.45, 7) is 3.77. The number of thiophene rings is 1. The Labute approximate surface area is 157 Å². The molecule has 0 atom stereocenters. The van der Waals surface area contributed by atoms with Gasteiger partial charge in [-0.25, -0.2) is 4.79 Å². The minimum Gasteiger partial charge on any atom is -0.462 e. The number of carbonyl (C=O) groups excluding carboxylic acids is 3. The van der Waals surface area contributed by atoms with Crippen molar-refractivity contribution in [2.75, 3.05) is 25.5 Å². The number of hydrogen-bond donors (Lipinski definition) is 2. The molecule has 0 aromatic carbocycles. The summed E-state index contributed by atoms with van der Waals surface area (Å²) in [4.78, 5) is 38.6. The SMILES string of the molecule is CCOC(=O)c1c(NC(=O)CN(C)C2CCCCC2)sc(C(N)=O)c1C. The number of esters is 1. The Balaban J connectivity index is 2.13. The molecule has 0 bridgehead atoms. The maximum atomic E-state index is 12.5. The van der Waals surface area contributed by atoms with Gasteiger partial charge >= 0.3 is 5.97 Å². The Kier molecular flexibility index (Phi) is 7.16. The Morgan fingerprint density at radius 2 is 1.92 bits per heavy atom. The number of primary amides is 1. The molecule has 144 valence electrons. The first kappa shape index (κ1) is 20.4. The molecule has 0 unspecified atom stereocenters. The third-order valence-electron chi connectivity index (χ3n) is 4.69. The van der Waals surface area contributed by atoms with E-state index in [0.717, 1.165) is 24.2 Å². The molecular weight excluding hydrogens is 354 g/mol. The first-order valence-electron chi connectivity index (χ1n) is 8.95. The molecular formula is C18H27N3O4S. The zero-order valence-electron chi connectivity index (χ0n) is 15.6. The van der Waals surface area contributed by atoms with E-state index >= 15 is 0 Å². The smallest absolute Gasteiger partial charge is 0.341 e. The van der Waals surface area contributed by atoms with Gasteiger partial charge < -0.3 is 15.8 Å². The first-order valence-corrected chi connectivity index (χ1v) is 9.77. The highest BCUT2D eigenvalue weighted by atomic mass is 32.1. The van der Waals surface area contributed by atoms with Crippen molar-refractivity contribution in [3.8, 4) is 0 Å². The van der Waals surface area contributed by atoms with E-state index in [1.165, 1.54) is 19.3 Å². The molecule has 26 heavy (non-hydrogen) atoms. The molecule has 3 N–H and O–H groups in total. The van der Waals surface area contributed by atoms with Crippen LogP contribution in [-0.2, 0) is 9.53 Å². The van der Waals surface area contributed by atoms with Crippen molar-refractivity contribution in [2.24, 2.45) is 5.73 Å². The third-order valence-corrected chi connectivity index (χ3v) is 5.92. The Morgan fingerprint density at radius 3 is 2.50 bits per heavy atom. The molecule has 1 aromatic rings. The van der Waals surface area contributed by atoms with Crippen molar-refractivity contribution in [1.29, 1.82) is 0 Å². The van der Waals surface area contributed by atoms with Gasteiger partial charge in [-0.1, -0.05) is 19.3 Å². The molecule has 0 aliphatic heterocycles. The van der Waals surface area contributed by atoms with Crippen LogP contribution < -0.4 is 11.1 Å². The van der Waals surface area contributed by atoms with Gasteiger partial charge in [-0.3, -0.25) is 14.5 Å². The molecule has 1 aliphatic rings. The van der Waals surface area contributed by atoms with Gasteiger partial charge in [0.2, 0.25) is 5.91 Å². The lowest BCUT2D eigenvalue weighted by Crippen LogP contribution is -2.39. The summed E-state index contributed by atoms with van der Waals surface area (Å²) in [6.07, 6.45) is 5.83. The predicted octanol–water partition coefficient (Wildman–Crippen LogP) is 2.54. The number of nitrogens with two attached hydrogens (primary N) is 1. The van der Waals surface area contributed by atoms with Crippen LogP contribution in [-0.4, -0.2) is 48.9 Å². The lowest BCUT2D eigenvalue weighted by molar-refractivity contribution is -0.117. The number of likely N-dealkylation sites (N-methyl/N-ethyl adjacent to an activating group) is 1. The minimum absolute atomic E-state index is 0.206. The molecule has 7 nitrogen and oxygen atoms in total. The molecule has 1 aromatic heterocycles. The van der Waals surface area contributed by atoms with Gasteiger partial charge in [0, 0.05) is 6.04 Å². The lowest BCUT2D eigenvalue weighted by Gasteiger charge is -2.30. The van der Waals surface area contributed by atoms with E-state index in [1.54, 1.807) is 13.8 Å². The maximum absolute atomic E-state index is 12.5. The maximum Gasteiger partial charge on any atom is 0.341 e. The number of ether oxygens (including phenoxy) is 1. The van der Waals surface area contributed by atoms with Gasteiger partial charge in [0.15, 0.2) is 0 Å². The van der Waals surface area contributed by atoms with Crippen molar-refractivity contribution in [1.82, 2.24) is 4.90 Å². The van der Waals surface area contributed by atoms with Crippen LogP contribution in [0.1, 0.15) is 64.6 Å². The molecule has 1 heterocycles. The number of amides is 2. The Hall–Kier alpha value is -1.93. The van der Waals surface area contributed by atoms with E-state index in [-0.39, 0.29) is 29.5 Å². The fraction of sp³-hybridized carbons (Fsp3) is 0.611. The van der Waals surface area contributed by atoms with Gasteiger partial charge in [-0.2, -0.15) is 0 Å². The average molecular weight is 381 g/mol. The molecule has 2 amide bonds. The van der Waals surface area contributed by atoms with Gasteiger partial charge in [0.05, 0.1) is 23.6 Å². The van der Waals surface area contributed by atoms with E-state index < -0.39 is 11.9 Å². The average Bonchev–Trinajstić information content (AvgIpc) is 2.92. The minimum atomic E-state index is -0.627. The fourth-order valence-corrected chi connectivity index (χ4v) is 4.39. The zero-order chi connectivity index (χ0) is 19.3. The standard InChI is InChI=1S/C18H27N3O4S/c1-4-25-18(24)14-11(2)15(16(19)23)26-17(14)20-13(22)10-21(3)12-8-6-5-7-9-12/h12H,4-10H2,1-3H3,(H2,19,23)(H,20,22). The van der Waals surface area contributed by atoms with E-state index in [0.29, 0.717) is 16.6 Å². The molecule has 1 aliphatic carbocycles. The second kappa shape index (κ2) is 9.14. The summed E-state index contributed by atoms with van der Waals surface area (Å²) in [7, 11) is 1.94. The molecule has 1 saturated carbocycles. The third kappa shape index (κ3) is 4.82. The Morgan fingerprint density at radius 1 is 1.27 bits per heavy atom. The lowest BCUT2D eigenvalue weighted by atomic mass is 9.94. The number of rotatable bonds is 7. The Bertz CT molecular complexity index is 680. The van der Waals surface area contributed by atoms with Gasteiger partial charge in [-0.15, -0.1) is 11.3 Å². The summed E-state index contributed by atoms with van der Waals surface area (Å²) >= 11 is 1.01. The highest BCUT2D eigenvalue weighted by molar-refractivity contribution is 7.18. The van der Waals surface area contributed by atoms with Crippen LogP contribution >= 0.6 is 11.3 Å². The first-order chi connectivity index (χ1) is 12.3. The highest BCUT2D eigenvalue weighted by Crippen LogP contribution is 2.33. The molecule has 0 spiro atoms. The summed E-state index contributed by atoms with van der Waals surface area (Å²) < 4.78 is 5.05. The monoisotopic (exact) mass is 381 g/mol. The van der Waals surface area contributed by atoms with Crippen LogP contribution in [0.4, 0.5) is 5.00 Å². The van der Waals surface area contributed by atoms with E-state index in [2.05, 4.69) is 5.32 Å². The highest BCUT2D eigenvalue weighted by Gasteiger charge is 2.26. The molecule has 8 heteroatoms. The van der Waals surface area contributed by atoms with Gasteiger partial charge in [0.1, 0.15) is 5.00 Å². The number of nitrogens with one attached hydrogen (secondary N) is 1. The van der Waals surface area contributed by atoms with E-state index in [1.807, 2.05) is 11.9 Å². The second-order valence-electron chi connectivity index (χ2n) is 6.60. The van der Waals surface area contributed by atoms with Crippen LogP contribution in [0.25, 0.3) is 0 Å². The fourth-order valence-electron chi connectivity index (χ4n) is 3.33. The van der Waals surface area contributed by atoms with Crippen molar-refractivity contribution < 1.29 is 19.1 Å². The number of carbonyl (C=O) groups is 3. The number of nitrogens with zero attached hydrogens (tertiary/aromatic N) is 1. The van der Waals surface area contributed by atoms with Crippen LogP contribution in [0.3, 0.4) is 0 Å². The van der Waals surface area contributed by atoms with Crippen molar-refractivity contribution in [2.45, 2.75) is 52.0 Å². The van der Waals surface area contributed by atoms with Crippen molar-refractivity contribution >= 4 is 34.1 Å². The van der Waals surface area contributed by atoms with Gasteiger partial charge in [0.25, 0.3) is 5.91 Å². The summed E-state index contributed by atoms with van der Waals surface area (Å²) in [5, 5.41) is 3.08. The zero-order valence-corrected chi connectivity index (χ0v) is 16.4. The van der Waals surface area contributed by atoms with Crippen LogP contribution in [0.15, 0.2) is 0 Å². The van der Waals surface area contributed by atoms with Crippen LogP contribution in [0, 0.1) is 6.92 Å². The molecule has 1 fully saturated rings. The van der Waals surface area contributed by atoms with Crippen molar-refractivity contribution in [3.05, 3.63) is 16.0 Å². The summed E-state index contributed by atoms with van der Waals surface area (Å²) in [5.41, 5.74) is 6.03. The van der Waals surface area contributed by atoms with E-state index in [4.69, 9.17) is 10.5 Å². The largest absolute Gasteiger partial charge is 0.462 e. The summed E-state index contributed by atoms with van der Waals surface area (Å²) in [6, 6.07) is 0.408. The second-order valence-corrected chi connectivity index (χ2v) is 7.62. The molecule has 0 radical (unpaired) electrons. The quantitative estimate of drug-likeness (QED) is 0.707. The predicted molar refractivity (Wildman–Crippen MR) is 102 cm³/mol. The molecule has 2 rings (SSSR count). The van der Waals surface area contributed by atoms with Gasteiger partial charge in [-0.05, 0) is 39.3 Å². The van der Waals surface area contributed by atoms with E-state index in [9.17, 15) is 14.4 Å². The number of anilines is 1. The molecule has 0 saturated heterocycles. The van der Waals surface area contributed by atoms with Crippen LogP contribution in [0.2, 0.25) is 0 Å². The normalized spacial score (nSPS) is 15.1.